The number of rotatable bonds is 6. The summed E-state index contributed by atoms with van der Waals surface area (Å²) in [5.74, 6) is -0.307. The minimum Gasteiger partial charge on any atom is -0.301 e. The quantitative estimate of drug-likeness (QED) is 0.540. The summed E-state index contributed by atoms with van der Waals surface area (Å²) in [4.78, 5) is 21.3. The van der Waals surface area contributed by atoms with Gasteiger partial charge in [-0.3, -0.25) is 14.6 Å². The summed E-state index contributed by atoms with van der Waals surface area (Å²) in [5.41, 5.74) is 2.44. The molecule has 31 heavy (non-hydrogen) atoms. The van der Waals surface area contributed by atoms with Crippen LogP contribution < -0.4 is 5.32 Å². The van der Waals surface area contributed by atoms with Crippen LogP contribution in [0.3, 0.4) is 0 Å². The Balaban J connectivity index is 1.26. The monoisotopic (exact) mass is 478 g/mol. The van der Waals surface area contributed by atoms with Crippen molar-refractivity contribution in [3.05, 3.63) is 69.3 Å². The van der Waals surface area contributed by atoms with E-state index < -0.39 is 0 Å². The normalized spacial score (nSPS) is 15.2. The van der Waals surface area contributed by atoms with Gasteiger partial charge in [-0.05, 0) is 35.9 Å². The summed E-state index contributed by atoms with van der Waals surface area (Å²) in [5, 5.41) is 6.35. The smallest absolute Gasteiger partial charge is 0.240 e. The minimum atomic E-state index is -0.212. The summed E-state index contributed by atoms with van der Waals surface area (Å²) >= 11 is 13.5. The molecule has 0 radical (unpaired) electrons. The summed E-state index contributed by atoms with van der Waals surface area (Å²) in [7, 11) is 0. The third-order valence-electron chi connectivity index (χ3n) is 5.08. The van der Waals surface area contributed by atoms with Gasteiger partial charge in [-0.1, -0.05) is 35.3 Å². The third-order valence-corrected chi connectivity index (χ3v) is 6.39. The number of thiazole rings is 1. The van der Waals surface area contributed by atoms with Crippen LogP contribution in [0.5, 0.6) is 0 Å². The Morgan fingerprint density at radius 3 is 2.61 bits per heavy atom. The van der Waals surface area contributed by atoms with E-state index >= 15 is 0 Å². The first kappa shape index (κ1) is 22.2. The van der Waals surface area contributed by atoms with Crippen molar-refractivity contribution in [2.24, 2.45) is 0 Å². The zero-order valence-corrected chi connectivity index (χ0v) is 19.0. The number of nitrogens with one attached hydrogen (secondary N) is 1. The van der Waals surface area contributed by atoms with Crippen LogP contribution in [0.1, 0.15) is 5.56 Å². The van der Waals surface area contributed by atoms with E-state index in [0.717, 1.165) is 37.3 Å². The molecule has 1 amide bonds. The second-order valence-electron chi connectivity index (χ2n) is 7.39. The largest absolute Gasteiger partial charge is 0.301 e. The number of carbonyl (C=O) groups is 1. The molecular weight excluding hydrogens is 458 g/mol. The van der Waals surface area contributed by atoms with Crippen LogP contribution in [-0.4, -0.2) is 53.4 Å². The van der Waals surface area contributed by atoms with Gasteiger partial charge in [-0.15, -0.1) is 11.3 Å². The molecule has 1 saturated heterocycles. The maximum Gasteiger partial charge on any atom is 0.240 e. The lowest BCUT2D eigenvalue weighted by Gasteiger charge is -2.34. The van der Waals surface area contributed by atoms with E-state index in [4.69, 9.17) is 23.2 Å². The molecule has 9 heteroatoms. The molecule has 1 fully saturated rings. The van der Waals surface area contributed by atoms with Gasteiger partial charge in [0.25, 0.3) is 0 Å². The summed E-state index contributed by atoms with van der Waals surface area (Å²) < 4.78 is 13.4. The number of carbonyl (C=O) groups excluding carboxylic acids is 1. The van der Waals surface area contributed by atoms with Gasteiger partial charge < -0.3 is 5.32 Å². The molecule has 0 aliphatic carbocycles. The minimum absolute atomic E-state index is 0.0957. The first-order chi connectivity index (χ1) is 15.0. The van der Waals surface area contributed by atoms with Crippen molar-refractivity contribution in [1.29, 1.82) is 0 Å². The van der Waals surface area contributed by atoms with Gasteiger partial charge in [0, 0.05) is 48.7 Å². The van der Waals surface area contributed by atoms with E-state index in [-0.39, 0.29) is 11.7 Å². The molecule has 2 aromatic carbocycles. The van der Waals surface area contributed by atoms with Gasteiger partial charge in [-0.25, -0.2) is 9.37 Å². The van der Waals surface area contributed by atoms with Crippen molar-refractivity contribution in [3.63, 3.8) is 0 Å². The van der Waals surface area contributed by atoms with Crippen molar-refractivity contribution in [3.8, 4) is 11.3 Å². The fourth-order valence-corrected chi connectivity index (χ4v) is 4.75. The van der Waals surface area contributed by atoms with Crippen LogP contribution in [0, 0.1) is 5.82 Å². The molecule has 0 saturated carbocycles. The molecule has 1 aromatic heterocycles. The lowest BCUT2D eigenvalue weighted by molar-refractivity contribution is -0.117. The fourth-order valence-electron chi connectivity index (χ4n) is 3.51. The van der Waals surface area contributed by atoms with Gasteiger partial charge in [0.2, 0.25) is 5.91 Å². The molecule has 0 bridgehead atoms. The zero-order chi connectivity index (χ0) is 21.8. The van der Waals surface area contributed by atoms with E-state index in [1.54, 1.807) is 24.3 Å². The zero-order valence-electron chi connectivity index (χ0n) is 16.7. The molecule has 3 aromatic rings. The van der Waals surface area contributed by atoms with Crippen molar-refractivity contribution < 1.29 is 9.18 Å². The van der Waals surface area contributed by atoms with Crippen molar-refractivity contribution in [1.82, 2.24) is 14.8 Å². The number of piperazine rings is 1. The summed E-state index contributed by atoms with van der Waals surface area (Å²) in [6, 6.07) is 11.9. The second kappa shape index (κ2) is 10.1. The maximum atomic E-state index is 13.4. The predicted octanol–water partition coefficient (Wildman–Crippen LogP) is 5.01. The number of anilines is 1. The Labute approximate surface area is 194 Å². The van der Waals surface area contributed by atoms with E-state index in [2.05, 4.69) is 20.1 Å². The molecule has 5 nitrogen and oxygen atoms in total. The number of nitrogens with zero attached hydrogens (tertiary/aromatic N) is 3. The Hall–Kier alpha value is -2.03. The number of benzene rings is 2. The van der Waals surface area contributed by atoms with Crippen LogP contribution in [-0.2, 0) is 11.3 Å². The van der Waals surface area contributed by atoms with Crippen molar-refractivity contribution >= 4 is 45.6 Å². The lowest BCUT2D eigenvalue weighted by Crippen LogP contribution is -2.48. The molecule has 1 aliphatic heterocycles. The Morgan fingerprint density at radius 1 is 1.10 bits per heavy atom. The second-order valence-corrected chi connectivity index (χ2v) is 9.09. The summed E-state index contributed by atoms with van der Waals surface area (Å²) in [6.45, 7) is 4.26. The van der Waals surface area contributed by atoms with Crippen LogP contribution in [0.2, 0.25) is 10.0 Å². The van der Waals surface area contributed by atoms with E-state index in [9.17, 15) is 9.18 Å². The van der Waals surface area contributed by atoms with Crippen LogP contribution in [0.15, 0.2) is 47.8 Å². The highest BCUT2D eigenvalue weighted by atomic mass is 35.5. The molecular formula is C22H21Cl2FN4OS. The highest BCUT2D eigenvalue weighted by Crippen LogP contribution is 2.32. The summed E-state index contributed by atoms with van der Waals surface area (Å²) in [6.07, 6.45) is 0. The molecule has 4 rings (SSSR count). The molecule has 162 valence electrons. The molecule has 1 aliphatic rings. The third kappa shape index (κ3) is 6.02. The topological polar surface area (TPSA) is 48.5 Å². The van der Waals surface area contributed by atoms with Crippen LogP contribution in [0.25, 0.3) is 11.3 Å². The van der Waals surface area contributed by atoms with Gasteiger partial charge in [-0.2, -0.15) is 0 Å². The van der Waals surface area contributed by atoms with Gasteiger partial charge >= 0.3 is 0 Å². The van der Waals surface area contributed by atoms with Crippen LogP contribution >= 0.6 is 34.5 Å². The Bertz CT molecular complexity index is 1070. The van der Waals surface area contributed by atoms with Crippen LogP contribution in [0.4, 0.5) is 9.52 Å². The average Bonchev–Trinajstić information content (AvgIpc) is 3.17. The first-order valence-corrected chi connectivity index (χ1v) is 11.5. The van der Waals surface area contributed by atoms with Gasteiger partial charge in [0.05, 0.1) is 17.3 Å². The highest BCUT2D eigenvalue weighted by molar-refractivity contribution is 7.14. The van der Waals surface area contributed by atoms with E-state index in [1.165, 1.54) is 17.4 Å². The number of hydrogen-bond acceptors (Lipinski definition) is 5. The van der Waals surface area contributed by atoms with Gasteiger partial charge in [0.15, 0.2) is 5.13 Å². The molecule has 0 spiro atoms. The first-order valence-electron chi connectivity index (χ1n) is 9.86. The molecule has 1 N–H and O–H groups in total. The fraction of sp³-hybridized carbons (Fsp3) is 0.273. The Kier molecular flexibility index (Phi) is 7.20. The molecule has 2 heterocycles. The SMILES string of the molecule is O=C(CN1CCN(Cc2cccc(F)c2)CC1)Nc1nc(-c2ccc(Cl)cc2Cl)cs1. The van der Waals surface area contributed by atoms with Gasteiger partial charge in [0.1, 0.15) is 5.82 Å². The van der Waals surface area contributed by atoms with E-state index in [1.807, 2.05) is 17.5 Å². The number of aromatic nitrogens is 1. The average molecular weight is 479 g/mol. The number of hydrogen-bond donors (Lipinski definition) is 1. The number of halogens is 3. The highest BCUT2D eigenvalue weighted by Gasteiger charge is 2.20. The standard InChI is InChI=1S/C22H21Cl2FN4OS/c23-16-4-5-18(19(24)11-16)20-14-31-22(26-20)27-21(30)13-29-8-6-28(7-9-29)12-15-2-1-3-17(25)10-15/h1-5,10-11,14H,6-9,12-13H2,(H,26,27,30). The van der Waals surface area contributed by atoms with Crippen molar-refractivity contribution in [2.75, 3.05) is 38.0 Å². The lowest BCUT2D eigenvalue weighted by atomic mass is 10.2. The van der Waals surface area contributed by atoms with Crippen molar-refractivity contribution in [2.45, 2.75) is 6.54 Å². The number of amides is 1. The molecule has 0 unspecified atom stereocenters. The predicted molar refractivity (Wildman–Crippen MR) is 124 cm³/mol. The molecule has 0 atom stereocenters. The maximum absolute atomic E-state index is 13.4. The Morgan fingerprint density at radius 2 is 1.87 bits per heavy atom. The van der Waals surface area contributed by atoms with E-state index in [0.29, 0.717) is 34.0 Å².